The van der Waals surface area contributed by atoms with Crippen molar-refractivity contribution in [1.29, 1.82) is 0 Å². The number of carbonyl (C=O) groups is 3. The molecular weight excluding hydrogens is 302 g/mol. The zero-order valence-electron chi connectivity index (χ0n) is 14.7. The zero-order chi connectivity index (χ0) is 18.6. The third-order valence-corrected chi connectivity index (χ3v) is 3.23. The van der Waals surface area contributed by atoms with Gasteiger partial charge in [0.05, 0.1) is 20.7 Å². The monoisotopic (exact) mass is 330 g/mol. The molecule has 0 aliphatic heterocycles. The van der Waals surface area contributed by atoms with Gasteiger partial charge in [0.25, 0.3) is 0 Å². The van der Waals surface area contributed by atoms with E-state index >= 15 is 0 Å². The van der Waals surface area contributed by atoms with Gasteiger partial charge in [0, 0.05) is 11.1 Å². The molecule has 1 unspecified atom stereocenters. The Bertz CT molecular complexity index is 457. The molecule has 132 valence electrons. The SMILES string of the molecule is C=C(C)C(=O)OC.C=C(CC)C(=O)OCC[N+](C)(CC)C(=O)O. The Labute approximate surface area is 137 Å². The van der Waals surface area contributed by atoms with Gasteiger partial charge in [-0.2, -0.15) is 4.79 Å². The van der Waals surface area contributed by atoms with Gasteiger partial charge < -0.3 is 14.6 Å². The third kappa shape index (κ3) is 9.46. The molecule has 1 N–H and O–H groups in total. The van der Waals surface area contributed by atoms with Crippen LogP contribution in [0, 0.1) is 0 Å². The van der Waals surface area contributed by atoms with E-state index in [9.17, 15) is 14.4 Å². The highest BCUT2D eigenvalue weighted by atomic mass is 16.5. The van der Waals surface area contributed by atoms with E-state index in [1.807, 2.05) is 6.92 Å². The van der Waals surface area contributed by atoms with E-state index in [0.29, 0.717) is 24.1 Å². The minimum Gasteiger partial charge on any atom is -0.466 e. The molecule has 7 heteroatoms. The lowest BCUT2D eigenvalue weighted by Gasteiger charge is -2.26. The molecule has 23 heavy (non-hydrogen) atoms. The number of carbonyl (C=O) groups excluding carboxylic acids is 2. The van der Waals surface area contributed by atoms with Crippen LogP contribution < -0.4 is 0 Å². The predicted octanol–water partition coefficient (Wildman–Crippen LogP) is 2.38. The van der Waals surface area contributed by atoms with Gasteiger partial charge in [-0.3, -0.25) is 0 Å². The number of amides is 1. The average molecular weight is 330 g/mol. The molecule has 1 amide bonds. The number of carboxylic acid groups (broad SMARTS) is 1. The lowest BCUT2D eigenvalue weighted by Crippen LogP contribution is -2.50. The fourth-order valence-corrected chi connectivity index (χ4v) is 1.15. The molecule has 0 radical (unpaired) electrons. The standard InChI is InChI=1S/C11H19NO4.C5H8O2/c1-5-9(3)10(13)16-8-7-12(4,6-2)11(14)15;1-4(2)5(6)7-3/h3,5-8H2,1-2,4H3;1H2,2-3H3/p+1. The molecule has 0 aromatic carbocycles. The van der Waals surface area contributed by atoms with Crippen molar-refractivity contribution in [3.63, 3.8) is 0 Å². The Kier molecular flexibility index (Phi) is 11.5. The fraction of sp³-hybridized carbons (Fsp3) is 0.562. The predicted molar refractivity (Wildman–Crippen MR) is 86.8 cm³/mol. The van der Waals surface area contributed by atoms with Crippen molar-refractivity contribution in [2.24, 2.45) is 0 Å². The van der Waals surface area contributed by atoms with Crippen molar-refractivity contribution in [2.75, 3.05) is 33.9 Å². The molecule has 0 fully saturated rings. The van der Waals surface area contributed by atoms with Gasteiger partial charge in [-0.1, -0.05) is 20.1 Å². The molecule has 0 heterocycles. The van der Waals surface area contributed by atoms with E-state index in [4.69, 9.17) is 9.84 Å². The second-order valence-corrected chi connectivity index (χ2v) is 5.08. The summed E-state index contributed by atoms with van der Waals surface area (Å²) in [5, 5.41) is 8.97. The van der Waals surface area contributed by atoms with Gasteiger partial charge in [0.15, 0.2) is 0 Å². The Morgan fingerprint density at radius 2 is 1.65 bits per heavy atom. The minimum absolute atomic E-state index is 0.0918. The second kappa shape index (κ2) is 11.4. The van der Waals surface area contributed by atoms with Crippen LogP contribution in [0.2, 0.25) is 0 Å². The van der Waals surface area contributed by atoms with Gasteiger partial charge in [0.1, 0.15) is 13.2 Å². The number of hydrogen-bond donors (Lipinski definition) is 1. The highest BCUT2D eigenvalue weighted by Gasteiger charge is 2.29. The first-order chi connectivity index (χ1) is 10.5. The maximum Gasteiger partial charge on any atom is 0.513 e. The van der Waals surface area contributed by atoms with E-state index in [0.717, 1.165) is 0 Å². The van der Waals surface area contributed by atoms with Crippen LogP contribution in [0.4, 0.5) is 4.79 Å². The lowest BCUT2D eigenvalue weighted by atomic mass is 10.2. The van der Waals surface area contributed by atoms with E-state index in [-0.39, 0.29) is 23.6 Å². The maximum absolute atomic E-state index is 11.2. The third-order valence-electron chi connectivity index (χ3n) is 3.23. The topological polar surface area (TPSA) is 89.9 Å². The highest BCUT2D eigenvalue weighted by Crippen LogP contribution is 2.04. The van der Waals surface area contributed by atoms with E-state index in [1.54, 1.807) is 20.9 Å². The van der Waals surface area contributed by atoms with Gasteiger partial charge in [0.2, 0.25) is 0 Å². The number of quaternary nitrogens is 1. The average Bonchev–Trinajstić information content (AvgIpc) is 2.52. The van der Waals surface area contributed by atoms with Crippen LogP contribution in [0.1, 0.15) is 27.2 Å². The summed E-state index contributed by atoms with van der Waals surface area (Å²) in [7, 11) is 2.92. The van der Waals surface area contributed by atoms with Crippen molar-refractivity contribution in [3.8, 4) is 0 Å². The molecule has 7 nitrogen and oxygen atoms in total. The van der Waals surface area contributed by atoms with Crippen LogP contribution in [-0.2, 0) is 19.1 Å². The summed E-state index contributed by atoms with van der Waals surface area (Å²) in [6, 6.07) is 0. The highest BCUT2D eigenvalue weighted by molar-refractivity contribution is 5.87. The molecule has 0 saturated carbocycles. The lowest BCUT2D eigenvalue weighted by molar-refractivity contribution is -0.835. The molecule has 0 aliphatic rings. The molecule has 0 aromatic rings. The summed E-state index contributed by atoms with van der Waals surface area (Å²) in [4.78, 5) is 32.4. The number of methoxy groups -OCH3 is 1. The van der Waals surface area contributed by atoms with Crippen molar-refractivity contribution in [2.45, 2.75) is 27.2 Å². The summed E-state index contributed by atoms with van der Waals surface area (Å²) in [6.45, 7) is 12.9. The second-order valence-electron chi connectivity index (χ2n) is 5.08. The van der Waals surface area contributed by atoms with Crippen LogP contribution in [0.3, 0.4) is 0 Å². The van der Waals surface area contributed by atoms with Crippen LogP contribution in [0.15, 0.2) is 24.3 Å². The Morgan fingerprint density at radius 1 is 1.13 bits per heavy atom. The van der Waals surface area contributed by atoms with Gasteiger partial charge in [-0.15, -0.1) is 0 Å². The maximum atomic E-state index is 11.2. The Balaban J connectivity index is 0. The quantitative estimate of drug-likeness (QED) is 0.438. The molecule has 0 rings (SSSR count). The number of rotatable bonds is 7. The normalized spacial score (nSPS) is 12.0. The van der Waals surface area contributed by atoms with E-state index in [2.05, 4.69) is 17.9 Å². The van der Waals surface area contributed by atoms with E-state index < -0.39 is 12.1 Å². The van der Waals surface area contributed by atoms with Crippen LogP contribution in [0.25, 0.3) is 0 Å². The van der Waals surface area contributed by atoms with Crippen LogP contribution in [-0.4, -0.2) is 61.5 Å². The van der Waals surface area contributed by atoms with E-state index in [1.165, 1.54) is 7.11 Å². The van der Waals surface area contributed by atoms with Crippen molar-refractivity contribution < 1.29 is 33.4 Å². The molecule has 0 aliphatic carbocycles. The number of ether oxygens (including phenoxy) is 2. The Morgan fingerprint density at radius 3 is 1.91 bits per heavy atom. The summed E-state index contributed by atoms with van der Waals surface area (Å²) >= 11 is 0. The summed E-state index contributed by atoms with van der Waals surface area (Å²) < 4.78 is 9.04. The first-order valence-electron chi connectivity index (χ1n) is 7.22. The van der Waals surface area contributed by atoms with Crippen molar-refractivity contribution in [3.05, 3.63) is 24.3 Å². The minimum atomic E-state index is -0.923. The molecule has 1 atom stereocenters. The number of likely N-dealkylation sites (N-methyl/N-ethyl adjacent to an activating group) is 1. The van der Waals surface area contributed by atoms with Crippen molar-refractivity contribution >= 4 is 18.0 Å². The summed E-state index contributed by atoms with van der Waals surface area (Å²) in [5.41, 5.74) is 0.837. The van der Waals surface area contributed by atoms with Crippen LogP contribution in [0.5, 0.6) is 0 Å². The fourth-order valence-electron chi connectivity index (χ4n) is 1.15. The number of esters is 2. The number of hydrogen-bond acceptors (Lipinski definition) is 5. The molecule has 0 spiro atoms. The first-order valence-corrected chi connectivity index (χ1v) is 7.22. The van der Waals surface area contributed by atoms with Gasteiger partial charge >= 0.3 is 18.0 Å². The van der Waals surface area contributed by atoms with Gasteiger partial charge in [-0.05, 0) is 20.3 Å². The number of nitrogens with zero attached hydrogens (tertiary/aromatic N) is 1. The molecule has 0 aromatic heterocycles. The van der Waals surface area contributed by atoms with Crippen LogP contribution >= 0.6 is 0 Å². The van der Waals surface area contributed by atoms with Crippen molar-refractivity contribution in [1.82, 2.24) is 0 Å². The summed E-state index contributed by atoms with van der Waals surface area (Å²) in [6.07, 6.45) is -0.384. The first kappa shape index (κ1) is 23.1. The smallest absolute Gasteiger partial charge is 0.466 e. The molecule has 0 bridgehead atoms. The largest absolute Gasteiger partial charge is 0.513 e. The summed E-state index contributed by atoms with van der Waals surface area (Å²) in [5.74, 6) is -0.796. The van der Waals surface area contributed by atoms with Gasteiger partial charge in [-0.25, -0.2) is 14.1 Å². The molecular formula is C16H28NO6+. The molecule has 0 saturated heterocycles. The Hall–Kier alpha value is -2.15. The zero-order valence-corrected chi connectivity index (χ0v) is 14.7.